The van der Waals surface area contributed by atoms with Crippen molar-refractivity contribution < 1.29 is 0 Å². The molecule has 0 amide bonds. The highest BCUT2D eigenvalue weighted by atomic mass is 79.9. The standard InChI is InChI=1S/C61H56Br2S4/c1-33-21-51(37(5)64-33)55-25-45(26-56(55)52-22-34(2)65-38(52)6)43-13-9-41(10-14-43)31-61(59-29-47(62)17-19-49(59)50-20-18-48(63)30-60(50)61)32-42-11-15-44(16-12-42)46-27-57(53-23-35(3)66-39(53)7)58(28-46)54-24-36(4)67-40(54)8/h9-24,29-30,45-46H,25-28,31-32H2,1-8H3. The molecule has 3 aliphatic carbocycles. The van der Waals surface area contributed by atoms with Crippen molar-refractivity contribution >= 4 is 99.5 Å². The number of aryl methyl sites for hydroxylation is 8. The fourth-order valence-electron chi connectivity index (χ4n) is 12.3. The van der Waals surface area contributed by atoms with Gasteiger partial charge in [0.1, 0.15) is 0 Å². The van der Waals surface area contributed by atoms with Crippen molar-refractivity contribution in [1.29, 1.82) is 0 Å². The minimum Gasteiger partial charge on any atom is -0.145 e. The number of hydrogen-bond donors (Lipinski definition) is 0. The van der Waals surface area contributed by atoms with Gasteiger partial charge in [0, 0.05) is 53.4 Å². The van der Waals surface area contributed by atoms with Gasteiger partial charge in [0.25, 0.3) is 0 Å². The summed E-state index contributed by atoms with van der Waals surface area (Å²) in [5.74, 6) is 0.925. The summed E-state index contributed by atoms with van der Waals surface area (Å²) in [6.07, 6.45) is 6.18. The van der Waals surface area contributed by atoms with E-state index in [9.17, 15) is 0 Å². The van der Waals surface area contributed by atoms with Gasteiger partial charge in [0.05, 0.1) is 0 Å². The lowest BCUT2D eigenvalue weighted by Gasteiger charge is -2.33. The Morgan fingerprint density at radius 1 is 0.388 bits per heavy atom. The molecular formula is C61H56Br2S4. The molecule has 0 fully saturated rings. The summed E-state index contributed by atoms with van der Waals surface area (Å²) < 4.78 is 2.26. The zero-order chi connectivity index (χ0) is 46.5. The third kappa shape index (κ3) is 8.34. The molecule has 0 nitrogen and oxygen atoms in total. The number of benzene rings is 4. The number of rotatable bonds is 10. The average Bonchev–Trinajstić information content (AvgIpc) is 4.17. The first-order chi connectivity index (χ1) is 32.2. The Morgan fingerprint density at radius 3 is 0.955 bits per heavy atom. The maximum absolute atomic E-state index is 3.94. The molecule has 67 heavy (non-hydrogen) atoms. The van der Waals surface area contributed by atoms with Crippen LogP contribution in [0.25, 0.3) is 33.4 Å². The van der Waals surface area contributed by atoms with Crippen LogP contribution >= 0.6 is 77.2 Å². The first kappa shape index (κ1) is 45.6. The molecule has 0 spiro atoms. The second-order valence-corrected chi connectivity index (χ2v) is 27.4. The molecule has 0 bridgehead atoms. The van der Waals surface area contributed by atoms with Crippen LogP contribution in [0.15, 0.2) is 118 Å². The number of halogens is 2. The predicted octanol–water partition coefficient (Wildman–Crippen LogP) is 19.7. The Morgan fingerprint density at radius 2 is 0.687 bits per heavy atom. The highest BCUT2D eigenvalue weighted by molar-refractivity contribution is 9.10. The summed E-state index contributed by atoms with van der Waals surface area (Å²) in [5, 5.41) is 0. The van der Waals surface area contributed by atoms with Gasteiger partial charge in [-0.05, 0) is 243 Å². The van der Waals surface area contributed by atoms with Gasteiger partial charge >= 0.3 is 0 Å². The van der Waals surface area contributed by atoms with Gasteiger partial charge in [-0.2, -0.15) is 0 Å². The van der Waals surface area contributed by atoms with Crippen LogP contribution in [0.5, 0.6) is 0 Å². The van der Waals surface area contributed by atoms with Gasteiger partial charge < -0.3 is 0 Å². The lowest BCUT2D eigenvalue weighted by Crippen LogP contribution is -2.31. The van der Waals surface area contributed by atoms with E-state index in [1.54, 1.807) is 22.3 Å². The van der Waals surface area contributed by atoms with Gasteiger partial charge in [0.2, 0.25) is 0 Å². The maximum Gasteiger partial charge on any atom is 0.0296 e. The summed E-state index contributed by atoms with van der Waals surface area (Å²) in [6, 6.07) is 43.4. The molecule has 4 heterocycles. The van der Waals surface area contributed by atoms with E-state index < -0.39 is 0 Å². The maximum atomic E-state index is 3.94. The van der Waals surface area contributed by atoms with E-state index in [2.05, 4.69) is 196 Å². The Bertz CT molecular complexity index is 2960. The number of hydrogen-bond acceptors (Lipinski definition) is 4. The van der Waals surface area contributed by atoms with Gasteiger partial charge in [0.15, 0.2) is 0 Å². The predicted molar refractivity (Wildman–Crippen MR) is 301 cm³/mol. The highest BCUT2D eigenvalue weighted by Crippen LogP contribution is 2.56. The number of fused-ring (bicyclic) bond motifs is 3. The van der Waals surface area contributed by atoms with E-state index in [-0.39, 0.29) is 5.41 Å². The van der Waals surface area contributed by atoms with Crippen molar-refractivity contribution in [1.82, 2.24) is 0 Å². The normalized spacial score (nSPS) is 16.0. The van der Waals surface area contributed by atoms with Crippen molar-refractivity contribution in [2.75, 3.05) is 0 Å². The van der Waals surface area contributed by atoms with E-state index in [4.69, 9.17) is 0 Å². The molecule has 0 aliphatic heterocycles. The van der Waals surface area contributed by atoms with Crippen LogP contribution in [0.2, 0.25) is 0 Å². The van der Waals surface area contributed by atoms with Crippen LogP contribution < -0.4 is 0 Å². The Hall–Kier alpha value is -3.88. The minimum absolute atomic E-state index is 0.253. The van der Waals surface area contributed by atoms with Crippen LogP contribution in [-0.4, -0.2) is 0 Å². The number of thiophene rings is 4. The summed E-state index contributed by atoms with van der Waals surface area (Å²) in [5.41, 5.74) is 23.0. The molecule has 0 unspecified atom stereocenters. The second-order valence-electron chi connectivity index (χ2n) is 19.7. The second kappa shape index (κ2) is 17.8. The molecule has 11 rings (SSSR count). The molecule has 4 aromatic carbocycles. The lowest BCUT2D eigenvalue weighted by atomic mass is 9.69. The first-order valence-electron chi connectivity index (χ1n) is 23.7. The quantitative estimate of drug-likeness (QED) is 0.128. The Balaban J connectivity index is 0.920. The summed E-state index contributed by atoms with van der Waals surface area (Å²) in [4.78, 5) is 11.4. The summed E-state index contributed by atoms with van der Waals surface area (Å²) in [6.45, 7) is 18.3. The molecule has 8 aromatic rings. The molecular weight excluding hydrogens is 1020 g/mol. The van der Waals surface area contributed by atoms with Crippen LogP contribution in [0.3, 0.4) is 0 Å². The molecule has 0 saturated heterocycles. The molecule has 6 heteroatoms. The van der Waals surface area contributed by atoms with Crippen LogP contribution in [-0.2, 0) is 18.3 Å². The van der Waals surface area contributed by atoms with Crippen LogP contribution in [0, 0.1) is 55.4 Å². The largest absolute Gasteiger partial charge is 0.145 e. The third-order valence-electron chi connectivity index (χ3n) is 15.2. The van der Waals surface area contributed by atoms with Crippen LogP contribution in [0.1, 0.15) is 132 Å². The monoisotopic (exact) mass is 1070 g/mol. The van der Waals surface area contributed by atoms with Crippen molar-refractivity contribution in [3.8, 4) is 11.1 Å². The smallest absolute Gasteiger partial charge is 0.0296 e. The fraction of sp³-hybridized carbons (Fsp3) is 0.279. The zero-order valence-electron chi connectivity index (χ0n) is 39.7. The van der Waals surface area contributed by atoms with E-state index in [1.165, 1.54) is 106 Å². The Labute approximate surface area is 430 Å². The molecule has 338 valence electrons. The zero-order valence-corrected chi connectivity index (χ0v) is 46.1. The summed E-state index contributed by atoms with van der Waals surface area (Å²) >= 11 is 15.6. The van der Waals surface area contributed by atoms with Crippen molar-refractivity contribution in [3.63, 3.8) is 0 Å². The first-order valence-corrected chi connectivity index (χ1v) is 28.6. The third-order valence-corrected chi connectivity index (χ3v) is 20.0. The van der Waals surface area contributed by atoms with E-state index >= 15 is 0 Å². The molecule has 0 N–H and O–H groups in total. The van der Waals surface area contributed by atoms with Gasteiger partial charge in [-0.15, -0.1) is 45.3 Å². The van der Waals surface area contributed by atoms with Crippen molar-refractivity contribution in [2.24, 2.45) is 0 Å². The molecule has 4 aromatic heterocycles. The van der Waals surface area contributed by atoms with Crippen LogP contribution in [0.4, 0.5) is 0 Å². The molecule has 0 atom stereocenters. The van der Waals surface area contributed by atoms with E-state index in [1.807, 2.05) is 45.3 Å². The topological polar surface area (TPSA) is 0 Å². The van der Waals surface area contributed by atoms with Gasteiger partial charge in [-0.3, -0.25) is 0 Å². The highest BCUT2D eigenvalue weighted by Gasteiger charge is 2.44. The molecule has 3 aliphatic rings. The van der Waals surface area contributed by atoms with Gasteiger partial charge in [-0.25, -0.2) is 0 Å². The average molecular weight is 1080 g/mol. The lowest BCUT2D eigenvalue weighted by molar-refractivity contribution is 0.519. The number of allylic oxidation sites excluding steroid dienone is 4. The minimum atomic E-state index is -0.253. The molecule has 0 radical (unpaired) electrons. The fourth-order valence-corrected chi connectivity index (χ4v) is 16.8. The summed E-state index contributed by atoms with van der Waals surface area (Å²) in [7, 11) is 0. The van der Waals surface area contributed by atoms with Gasteiger partial charge in [-0.1, -0.05) is 92.5 Å². The van der Waals surface area contributed by atoms with E-state index in [0.717, 1.165) is 47.5 Å². The van der Waals surface area contributed by atoms with E-state index in [0.29, 0.717) is 11.8 Å². The van der Waals surface area contributed by atoms with Crippen molar-refractivity contribution in [2.45, 2.75) is 111 Å². The molecule has 0 saturated carbocycles. The SMILES string of the molecule is Cc1cc(C2=C(c3cc(C)sc3C)CC(c3ccc(CC4(Cc5ccc(C6CC(c7cc(C)sc7C)=C(c7cc(C)sc7C)C6)cc5)c5cc(Br)ccc5-c5ccc(Br)cc54)cc3)C2)c(C)s1. The Kier molecular flexibility index (Phi) is 12.1. The van der Waals surface area contributed by atoms with Crippen molar-refractivity contribution in [3.05, 3.63) is 213 Å².